The third kappa shape index (κ3) is 11.5. The van der Waals surface area contributed by atoms with Gasteiger partial charge in [0.15, 0.2) is 5.71 Å². The lowest BCUT2D eigenvalue weighted by atomic mass is 9.77. The lowest BCUT2D eigenvalue weighted by Gasteiger charge is -2.30. The molecule has 3 heterocycles. The fraction of sp³-hybridized carbons (Fsp3) is 0.511. The molecule has 0 fully saturated rings. The van der Waals surface area contributed by atoms with Crippen LogP contribution in [0.15, 0.2) is 82.3 Å². The van der Waals surface area contributed by atoms with Crippen molar-refractivity contribution in [2.45, 2.75) is 138 Å². The average molecular weight is 866 g/mol. The number of carbonyl (C=O) groups is 3. The molecule has 15 heteroatoms. The molecule has 3 N–H and O–H groups in total. The number of unbranched alkanes of at least 4 members (excludes halogenated alkanes) is 2. The Bertz CT molecular complexity index is 2290. The van der Waals surface area contributed by atoms with Crippen LogP contribution in [0.4, 0.5) is 11.4 Å². The van der Waals surface area contributed by atoms with E-state index in [0.29, 0.717) is 77.4 Å². The summed E-state index contributed by atoms with van der Waals surface area (Å²) < 4.78 is 73.0. The number of carboxylic acid groups (broad SMARTS) is 1. The van der Waals surface area contributed by atoms with Crippen LogP contribution in [0.3, 0.4) is 0 Å². The number of nitrogens with one attached hydrogen (secondary N) is 1. The van der Waals surface area contributed by atoms with Gasteiger partial charge < -0.3 is 19.9 Å². The number of rotatable bonds is 8. The van der Waals surface area contributed by atoms with E-state index in [2.05, 4.69) is 21.7 Å². The van der Waals surface area contributed by atoms with Crippen molar-refractivity contribution in [1.82, 2.24) is 5.32 Å². The highest BCUT2D eigenvalue weighted by Crippen LogP contribution is 2.51. The van der Waals surface area contributed by atoms with E-state index in [4.69, 9.17) is 0 Å². The van der Waals surface area contributed by atoms with E-state index in [0.717, 1.165) is 66.0 Å². The van der Waals surface area contributed by atoms with Crippen molar-refractivity contribution >= 4 is 55.0 Å². The highest BCUT2D eigenvalue weighted by Gasteiger charge is 2.45. The van der Waals surface area contributed by atoms with Crippen molar-refractivity contribution in [3.63, 3.8) is 0 Å². The third-order valence-corrected chi connectivity index (χ3v) is 13.7. The van der Waals surface area contributed by atoms with Crippen molar-refractivity contribution in [3.8, 4) is 0 Å². The molecule has 0 bridgehead atoms. The van der Waals surface area contributed by atoms with Gasteiger partial charge in [0.2, 0.25) is 11.6 Å². The third-order valence-electron chi connectivity index (χ3n) is 12.0. The summed E-state index contributed by atoms with van der Waals surface area (Å²) in [5.41, 5.74) is 3.59. The molecule has 0 aliphatic carbocycles. The monoisotopic (exact) mass is 865 g/mol. The second kappa shape index (κ2) is 20.0. The van der Waals surface area contributed by atoms with Gasteiger partial charge in [-0.25, -0.2) is 8.42 Å². The maximum atomic E-state index is 12.6. The van der Waals surface area contributed by atoms with Gasteiger partial charge in [-0.3, -0.25) is 18.9 Å². The normalized spacial score (nSPS) is 23.1. The first-order chi connectivity index (χ1) is 28.3. The highest BCUT2D eigenvalue weighted by molar-refractivity contribution is 7.86. The summed E-state index contributed by atoms with van der Waals surface area (Å²) in [7, 11) is -9.19. The lowest BCUT2D eigenvalue weighted by molar-refractivity contribution is -0.438. The second-order valence-electron chi connectivity index (χ2n) is 16.8. The van der Waals surface area contributed by atoms with Crippen molar-refractivity contribution in [3.05, 3.63) is 83.6 Å². The van der Waals surface area contributed by atoms with E-state index in [1.807, 2.05) is 44.2 Å². The zero-order valence-electron chi connectivity index (χ0n) is 35.0. The maximum Gasteiger partial charge on any atom is 0.303 e. The minimum absolute atomic E-state index is 0.0650. The van der Waals surface area contributed by atoms with Crippen LogP contribution in [0, 0.1) is 0 Å². The molecular weight excluding hydrogens is 807 g/mol. The molecule has 3 aliphatic heterocycles. The van der Waals surface area contributed by atoms with Crippen LogP contribution in [-0.4, -0.2) is 78.6 Å². The van der Waals surface area contributed by atoms with Crippen molar-refractivity contribution in [2.75, 3.05) is 24.5 Å². The molecule has 0 aromatic heterocycles. The SMILES string of the molecule is CC1(C)C2=[N+](CCCCCC(=O)CCCNC(=O)CCCCCC3(C)/C(=C/C=C/C=C/2)N(CCCCCC(=O)O)c2ccc(S(=O)(=O)O)cc23)c2ccc(S(=O)(=O)[O-])cc21. The fourth-order valence-corrected chi connectivity index (χ4v) is 9.77. The molecule has 0 spiro atoms. The Kier molecular flexibility index (Phi) is 15.5. The Morgan fingerprint density at radius 2 is 1.53 bits per heavy atom. The number of allylic oxidation sites excluding steroid dienone is 6. The summed E-state index contributed by atoms with van der Waals surface area (Å²) in [6.07, 6.45) is 18.5. The molecule has 3 aliphatic rings. The zero-order chi connectivity index (χ0) is 43.7. The predicted octanol–water partition coefficient (Wildman–Crippen LogP) is 7.62. The Labute approximate surface area is 354 Å². The first kappa shape index (κ1) is 46.6. The zero-order valence-corrected chi connectivity index (χ0v) is 36.6. The minimum Gasteiger partial charge on any atom is -0.744 e. The minimum atomic E-state index is -4.68. The quantitative estimate of drug-likeness (QED) is 0.134. The van der Waals surface area contributed by atoms with Gasteiger partial charge in [0.1, 0.15) is 22.4 Å². The van der Waals surface area contributed by atoms with Crippen LogP contribution < -0.4 is 10.2 Å². The van der Waals surface area contributed by atoms with Crippen molar-refractivity contribution in [1.29, 1.82) is 0 Å². The molecule has 0 radical (unpaired) electrons. The summed E-state index contributed by atoms with van der Waals surface area (Å²) in [5, 5.41) is 12.1. The molecule has 2 aromatic rings. The number of amides is 1. The predicted molar refractivity (Wildman–Crippen MR) is 229 cm³/mol. The van der Waals surface area contributed by atoms with Crippen LogP contribution in [0.1, 0.15) is 128 Å². The number of anilines is 1. The standard InChI is InChI=1S/C45H59N3O10S2/c1-44(2)36-31-34(59(53,54)55)23-25-38(36)47-29-14-6-8-17-33(49)18-16-28-46-42(50)21-11-5-13-27-45(3)37-32-35(60(56,57)58)24-26-39(37)48(30-15-7-12-22-43(51)52)41(45)20-10-4-9-19-40(44)47/h4,9-10,19-20,23-26,31-32H,5-8,11-18,21-22,27-30H2,1-3H3,(H3-,46,50,51,52,53,54,55,56,57,58). The van der Waals surface area contributed by atoms with Gasteiger partial charge in [-0.15, -0.1) is 0 Å². The Balaban J connectivity index is 1.53. The van der Waals surface area contributed by atoms with E-state index in [1.165, 1.54) is 24.3 Å². The summed E-state index contributed by atoms with van der Waals surface area (Å²) >= 11 is 0. The molecule has 0 saturated carbocycles. The first-order valence-corrected chi connectivity index (χ1v) is 23.9. The molecule has 13 nitrogen and oxygen atoms in total. The number of benzene rings is 2. The van der Waals surface area contributed by atoms with Crippen LogP contribution in [0.25, 0.3) is 0 Å². The van der Waals surface area contributed by atoms with E-state index >= 15 is 0 Å². The Morgan fingerprint density at radius 1 is 0.833 bits per heavy atom. The smallest absolute Gasteiger partial charge is 0.303 e. The Morgan fingerprint density at radius 3 is 2.27 bits per heavy atom. The fourth-order valence-electron chi connectivity index (χ4n) is 8.76. The van der Waals surface area contributed by atoms with Crippen molar-refractivity contribution < 1.29 is 50.0 Å². The van der Waals surface area contributed by atoms with Gasteiger partial charge in [0, 0.05) is 79.7 Å². The number of ketones is 1. The molecule has 60 heavy (non-hydrogen) atoms. The van der Waals surface area contributed by atoms with Crippen LogP contribution in [-0.2, 0) is 45.4 Å². The number of nitrogens with zero attached hydrogens (tertiary/aromatic N) is 2. The molecule has 5 rings (SSSR count). The highest BCUT2D eigenvalue weighted by atomic mass is 32.2. The average Bonchev–Trinajstić information content (AvgIpc) is 3.53. The maximum absolute atomic E-state index is 12.6. The summed E-state index contributed by atoms with van der Waals surface area (Å²) in [4.78, 5) is 38.1. The second-order valence-corrected chi connectivity index (χ2v) is 19.6. The number of fused-ring (bicyclic) bond motifs is 5. The van der Waals surface area contributed by atoms with E-state index in [1.54, 1.807) is 12.1 Å². The molecule has 1 atom stereocenters. The molecule has 1 unspecified atom stereocenters. The van der Waals surface area contributed by atoms with Gasteiger partial charge >= 0.3 is 5.97 Å². The first-order valence-electron chi connectivity index (χ1n) is 21.0. The van der Waals surface area contributed by atoms with Crippen LogP contribution >= 0.6 is 0 Å². The molecule has 326 valence electrons. The molecule has 1 amide bonds. The van der Waals surface area contributed by atoms with Gasteiger partial charge in [0.25, 0.3) is 10.1 Å². The van der Waals surface area contributed by atoms with E-state index in [9.17, 15) is 45.4 Å². The number of hydrogen-bond acceptors (Lipinski definition) is 9. The summed E-state index contributed by atoms with van der Waals surface area (Å²) in [6.45, 7) is 7.63. The molecular formula is C45H59N3O10S2. The largest absolute Gasteiger partial charge is 0.744 e. The molecule has 0 saturated heterocycles. The van der Waals surface area contributed by atoms with Crippen molar-refractivity contribution in [2.24, 2.45) is 0 Å². The Hall–Kier alpha value is -4.44. The number of Topliss-reactive ketones (excluding diaryl/α,β-unsaturated/α-hetero) is 1. The topological polar surface area (TPSA) is 201 Å². The van der Waals surface area contributed by atoms with E-state index < -0.39 is 37.0 Å². The van der Waals surface area contributed by atoms with Crippen LogP contribution in [0.5, 0.6) is 0 Å². The van der Waals surface area contributed by atoms with Gasteiger partial charge in [-0.05, 0) is 108 Å². The number of aliphatic carboxylic acids is 1. The number of carboxylic acids is 1. The molecule has 2 aromatic carbocycles. The van der Waals surface area contributed by atoms with Crippen LogP contribution in [0.2, 0.25) is 0 Å². The van der Waals surface area contributed by atoms with Gasteiger partial charge in [-0.1, -0.05) is 37.5 Å². The summed E-state index contributed by atoms with van der Waals surface area (Å²) in [5.74, 6) is -0.758. The van der Waals surface area contributed by atoms with Gasteiger partial charge in [-0.2, -0.15) is 13.0 Å². The number of hydrogen-bond donors (Lipinski definition) is 3. The lowest BCUT2D eigenvalue weighted by Crippen LogP contribution is -2.29. The summed E-state index contributed by atoms with van der Waals surface area (Å²) in [6, 6.07) is 9.14. The van der Waals surface area contributed by atoms with Gasteiger partial charge in [0.05, 0.1) is 15.2 Å². The van der Waals surface area contributed by atoms with E-state index in [-0.39, 0.29) is 27.9 Å². The number of carbonyl (C=O) groups excluding carboxylic acids is 2.